The molecule has 0 heterocycles. The second-order valence-corrected chi connectivity index (χ2v) is 6.75. The maximum Gasteiger partial charge on any atom is 0.283 e. The molecule has 0 aromatic heterocycles. The predicted molar refractivity (Wildman–Crippen MR) is 29.9 cm³/mol. The van der Waals surface area contributed by atoms with E-state index in [-0.39, 0.29) is 0 Å². The lowest BCUT2D eigenvalue weighted by molar-refractivity contribution is 0.590. The monoisotopic (exact) mass is 142 g/mol. The highest BCUT2D eigenvalue weighted by Gasteiger charge is 1.85. The minimum absolute atomic E-state index is 1.30. The molecular formula is CH4O2P2S. The molecule has 0 aliphatic heterocycles. The zero-order chi connectivity index (χ0) is 5.15. The lowest BCUT2D eigenvalue weighted by Gasteiger charge is -1.67. The third kappa shape index (κ3) is 2.77. The van der Waals surface area contributed by atoms with E-state index in [1.54, 1.807) is 0 Å². The fourth-order valence-corrected chi connectivity index (χ4v) is 0. The van der Waals surface area contributed by atoms with Gasteiger partial charge in [0.1, 0.15) is 6.66 Å². The van der Waals surface area contributed by atoms with Crippen LogP contribution in [-0.4, -0.2) is 6.66 Å². The molecule has 0 N–H and O–H groups in total. The molecular weight excluding hydrogens is 138 g/mol. The Labute approximate surface area is 40.8 Å². The maximum absolute atomic E-state index is 9.94. The van der Waals surface area contributed by atoms with Crippen molar-refractivity contribution in [2.75, 3.05) is 6.66 Å². The third-order valence-electron chi connectivity index (χ3n) is 0.234. The fourth-order valence-electron chi connectivity index (χ4n) is 0. The lowest BCUT2D eigenvalue weighted by Crippen LogP contribution is -1.46. The van der Waals surface area contributed by atoms with Crippen LogP contribution >= 0.6 is 15.0 Å². The molecule has 0 spiro atoms. The summed E-state index contributed by atoms with van der Waals surface area (Å²) in [5, 5.41) is 0. The molecule has 0 rings (SSSR count). The SMILES string of the molecule is C[P+](=O)[S-](=O)=P. The molecule has 0 saturated carbocycles. The largest absolute Gasteiger partial charge is 0.409 e. The van der Waals surface area contributed by atoms with Crippen molar-refractivity contribution in [2.24, 2.45) is 0 Å². The zero-order valence-corrected chi connectivity index (χ0v) is 5.88. The van der Waals surface area contributed by atoms with E-state index < -0.39 is 16.6 Å². The van der Waals surface area contributed by atoms with E-state index in [0.29, 0.717) is 0 Å². The van der Waals surface area contributed by atoms with E-state index in [2.05, 4.69) is 8.02 Å². The molecule has 0 aromatic carbocycles. The van der Waals surface area contributed by atoms with Crippen LogP contribution in [-0.2, 0) is 18.4 Å². The first kappa shape index (κ1) is 6.55. The van der Waals surface area contributed by atoms with Gasteiger partial charge < -0.3 is 4.21 Å². The lowest BCUT2D eigenvalue weighted by atomic mass is 12.0. The minimum atomic E-state index is -1.52. The molecule has 0 aromatic rings. The van der Waals surface area contributed by atoms with Crippen LogP contribution in [0.15, 0.2) is 0 Å². The standard InChI is InChI=1S/CH4O2P2S/c1-5(2)6(3)4/h4H,1H3. The Balaban J connectivity index is 3.94. The second-order valence-electron chi connectivity index (χ2n) is 0.689. The highest BCUT2D eigenvalue weighted by Crippen LogP contribution is 2.15. The highest BCUT2D eigenvalue weighted by molar-refractivity contribution is 8.50. The van der Waals surface area contributed by atoms with Crippen LogP contribution in [0.2, 0.25) is 0 Å². The van der Waals surface area contributed by atoms with Crippen molar-refractivity contribution in [2.45, 2.75) is 0 Å². The average molecular weight is 142 g/mol. The minimum Gasteiger partial charge on any atom is -0.409 e. The first-order valence-corrected chi connectivity index (χ1v) is 5.87. The Bertz CT molecular complexity index is 118. The number of hydrogen-bond donors (Lipinski definition) is 0. The average Bonchev–Trinajstić information content (AvgIpc) is 1.36. The Kier molecular flexibility index (Phi) is 2.92. The summed E-state index contributed by atoms with van der Waals surface area (Å²) in [6.07, 6.45) is 0. The summed E-state index contributed by atoms with van der Waals surface area (Å²) in [6.45, 7) is 1.40. The number of rotatable bonds is 1. The van der Waals surface area contributed by atoms with Crippen molar-refractivity contribution in [1.82, 2.24) is 0 Å². The molecule has 0 bridgehead atoms. The van der Waals surface area contributed by atoms with Crippen LogP contribution < -0.4 is 0 Å². The molecule has 0 aliphatic carbocycles. The van der Waals surface area contributed by atoms with Crippen LogP contribution in [0, 0.1) is 0 Å². The van der Waals surface area contributed by atoms with Gasteiger partial charge in [-0.2, -0.15) is 8.02 Å². The summed E-state index contributed by atoms with van der Waals surface area (Å²) in [5.41, 5.74) is 0. The van der Waals surface area contributed by atoms with Crippen LogP contribution in [0.3, 0.4) is 0 Å². The number of hydrogen-bond acceptors (Lipinski definition) is 3. The van der Waals surface area contributed by atoms with Gasteiger partial charge in [-0.3, -0.25) is 0 Å². The van der Waals surface area contributed by atoms with E-state index in [4.69, 9.17) is 0 Å². The van der Waals surface area contributed by atoms with Gasteiger partial charge in [0.15, 0.2) is 0 Å². The van der Waals surface area contributed by atoms with Crippen LogP contribution in [0.1, 0.15) is 0 Å². The van der Waals surface area contributed by atoms with Crippen molar-refractivity contribution in [3.05, 3.63) is 0 Å². The Morgan fingerprint density at radius 2 is 2.00 bits per heavy atom. The summed E-state index contributed by atoms with van der Waals surface area (Å²) in [5.74, 6) is 0. The van der Waals surface area contributed by atoms with E-state index in [1.165, 1.54) is 6.66 Å². The smallest absolute Gasteiger partial charge is 0.283 e. The van der Waals surface area contributed by atoms with Crippen molar-refractivity contribution in [1.29, 1.82) is 0 Å². The summed E-state index contributed by atoms with van der Waals surface area (Å²) in [4.78, 5) is 0. The van der Waals surface area contributed by atoms with Gasteiger partial charge in [-0.25, -0.2) is 0 Å². The first-order chi connectivity index (χ1) is 2.64. The molecule has 0 saturated heterocycles. The molecule has 36 valence electrons. The van der Waals surface area contributed by atoms with Gasteiger partial charge in [-0.1, -0.05) is 4.57 Å². The molecule has 0 amide bonds. The van der Waals surface area contributed by atoms with E-state index in [0.717, 1.165) is 0 Å². The molecule has 2 nitrogen and oxygen atoms in total. The third-order valence-corrected chi connectivity index (χ3v) is 4.42. The Hall–Kier alpha value is 0.550. The first-order valence-electron chi connectivity index (χ1n) is 1.18. The van der Waals surface area contributed by atoms with Crippen LogP contribution in [0.4, 0.5) is 0 Å². The fraction of sp³-hybridized carbons (Fsp3) is 1.00. The van der Waals surface area contributed by atoms with Crippen molar-refractivity contribution >= 4 is 24.6 Å². The van der Waals surface area contributed by atoms with Crippen molar-refractivity contribution in [3.63, 3.8) is 0 Å². The normalized spacial score (nSPS) is 12.0. The van der Waals surface area contributed by atoms with Gasteiger partial charge >= 0.3 is 0 Å². The molecule has 0 radical (unpaired) electrons. The van der Waals surface area contributed by atoms with Gasteiger partial charge in [-0.15, -0.1) is 0 Å². The van der Waals surface area contributed by atoms with Gasteiger partial charge in [0, 0.05) is 0 Å². The van der Waals surface area contributed by atoms with Crippen molar-refractivity contribution in [3.8, 4) is 0 Å². The molecule has 5 heteroatoms. The summed E-state index contributed by atoms with van der Waals surface area (Å²) in [7, 11) is -0.155. The summed E-state index contributed by atoms with van der Waals surface area (Å²) < 4.78 is 19.8. The summed E-state index contributed by atoms with van der Waals surface area (Å²) in [6, 6.07) is 0. The predicted octanol–water partition coefficient (Wildman–Crippen LogP) is 1.38. The molecule has 6 heavy (non-hydrogen) atoms. The quantitative estimate of drug-likeness (QED) is 0.409. The van der Waals surface area contributed by atoms with Crippen LogP contribution in [0.25, 0.3) is 0 Å². The second kappa shape index (κ2) is 2.68. The van der Waals surface area contributed by atoms with Crippen LogP contribution in [0.5, 0.6) is 0 Å². The summed E-state index contributed by atoms with van der Waals surface area (Å²) >= 11 is 0. The van der Waals surface area contributed by atoms with Gasteiger partial charge in [-0.05, 0) is 9.60 Å². The Morgan fingerprint density at radius 1 is 1.83 bits per heavy atom. The van der Waals surface area contributed by atoms with Gasteiger partial charge in [0.25, 0.3) is 7.00 Å². The van der Waals surface area contributed by atoms with E-state index in [9.17, 15) is 8.77 Å². The molecule has 0 aliphatic rings. The van der Waals surface area contributed by atoms with Gasteiger partial charge in [0.05, 0.1) is 0 Å². The van der Waals surface area contributed by atoms with E-state index in [1.807, 2.05) is 0 Å². The molecule has 1 atom stereocenters. The highest BCUT2D eigenvalue weighted by atomic mass is 32.9. The topological polar surface area (TPSA) is 34.1 Å². The zero-order valence-electron chi connectivity index (χ0n) is 3.17. The van der Waals surface area contributed by atoms with Gasteiger partial charge in [0.2, 0.25) is 0 Å². The van der Waals surface area contributed by atoms with Crippen molar-refractivity contribution < 1.29 is 8.77 Å². The molecule has 1 unspecified atom stereocenters. The van der Waals surface area contributed by atoms with E-state index >= 15 is 0 Å². The molecule has 0 fully saturated rings. The maximum atomic E-state index is 9.94. The Morgan fingerprint density at radius 3 is 2.00 bits per heavy atom.